The van der Waals surface area contributed by atoms with E-state index in [1.165, 1.54) is 5.56 Å². The Morgan fingerprint density at radius 1 is 0.969 bits per heavy atom. The number of hydrogen-bond acceptors (Lipinski definition) is 2. The highest BCUT2D eigenvalue weighted by Gasteiger charge is 2.19. The molecule has 0 fully saturated rings. The molecule has 0 N–H and O–H groups in total. The SMILES string of the molecule is CC.CC.COc1ccc2c(c1)nc(C(C)c1ccc(Br)cc1)n2Cc1ccccc1Cl. The molecular formula is C27H32BrClN2O. The summed E-state index contributed by atoms with van der Waals surface area (Å²) in [6.07, 6.45) is 0. The lowest BCUT2D eigenvalue weighted by atomic mass is 10.0. The molecule has 170 valence electrons. The average Bonchev–Trinajstić information content (AvgIpc) is 3.20. The van der Waals surface area contributed by atoms with E-state index in [0.717, 1.165) is 37.7 Å². The summed E-state index contributed by atoms with van der Waals surface area (Å²) in [5.41, 5.74) is 4.28. The fraction of sp³-hybridized carbons (Fsp3) is 0.296. The Kier molecular flexibility index (Phi) is 10.3. The van der Waals surface area contributed by atoms with E-state index >= 15 is 0 Å². The molecule has 1 heterocycles. The van der Waals surface area contributed by atoms with Crippen LogP contribution in [0.25, 0.3) is 11.0 Å². The summed E-state index contributed by atoms with van der Waals surface area (Å²) >= 11 is 9.96. The van der Waals surface area contributed by atoms with Crippen molar-refractivity contribution < 1.29 is 4.74 Å². The largest absolute Gasteiger partial charge is 0.497 e. The summed E-state index contributed by atoms with van der Waals surface area (Å²) in [6.45, 7) is 10.9. The maximum absolute atomic E-state index is 6.45. The molecule has 0 radical (unpaired) electrons. The predicted molar refractivity (Wildman–Crippen MR) is 141 cm³/mol. The van der Waals surface area contributed by atoms with Crippen LogP contribution in [-0.4, -0.2) is 16.7 Å². The third-order valence-electron chi connectivity index (χ3n) is 5.03. The summed E-state index contributed by atoms with van der Waals surface area (Å²) in [4.78, 5) is 4.97. The van der Waals surface area contributed by atoms with Crippen molar-refractivity contribution in [1.29, 1.82) is 0 Å². The Morgan fingerprint density at radius 2 is 1.62 bits per heavy atom. The number of fused-ring (bicyclic) bond motifs is 1. The number of rotatable bonds is 5. The van der Waals surface area contributed by atoms with E-state index < -0.39 is 0 Å². The molecule has 1 unspecified atom stereocenters. The lowest BCUT2D eigenvalue weighted by Gasteiger charge is -2.16. The average molecular weight is 516 g/mol. The molecule has 0 spiro atoms. The van der Waals surface area contributed by atoms with Crippen LogP contribution in [0.15, 0.2) is 71.2 Å². The van der Waals surface area contributed by atoms with Gasteiger partial charge in [-0.2, -0.15) is 0 Å². The molecular weight excluding hydrogens is 484 g/mol. The normalized spacial score (nSPS) is 11.1. The molecule has 32 heavy (non-hydrogen) atoms. The van der Waals surface area contributed by atoms with Crippen LogP contribution >= 0.6 is 27.5 Å². The Morgan fingerprint density at radius 3 is 2.25 bits per heavy atom. The third-order valence-corrected chi connectivity index (χ3v) is 5.93. The van der Waals surface area contributed by atoms with Crippen molar-refractivity contribution in [1.82, 2.24) is 9.55 Å². The fourth-order valence-electron chi connectivity index (χ4n) is 3.45. The van der Waals surface area contributed by atoms with E-state index in [-0.39, 0.29) is 5.92 Å². The zero-order valence-corrected chi connectivity index (χ0v) is 22.0. The van der Waals surface area contributed by atoms with Gasteiger partial charge < -0.3 is 9.30 Å². The molecule has 0 aliphatic rings. The second kappa shape index (κ2) is 12.7. The summed E-state index contributed by atoms with van der Waals surface area (Å²) in [5, 5.41) is 0.764. The van der Waals surface area contributed by atoms with Crippen LogP contribution < -0.4 is 4.74 Å². The molecule has 4 aromatic rings. The summed E-state index contributed by atoms with van der Waals surface area (Å²) < 4.78 is 8.71. The van der Waals surface area contributed by atoms with Gasteiger partial charge in [-0.15, -0.1) is 0 Å². The van der Waals surface area contributed by atoms with E-state index in [2.05, 4.69) is 63.8 Å². The van der Waals surface area contributed by atoms with Crippen LogP contribution in [0.1, 0.15) is 57.5 Å². The number of hydrogen-bond donors (Lipinski definition) is 0. The predicted octanol–water partition coefficient (Wildman–Crippen LogP) is 8.71. The molecule has 1 aromatic heterocycles. The van der Waals surface area contributed by atoms with Crippen molar-refractivity contribution in [2.45, 2.75) is 47.1 Å². The second-order valence-electron chi connectivity index (χ2n) is 6.78. The maximum Gasteiger partial charge on any atom is 0.121 e. The number of imidazole rings is 1. The summed E-state index contributed by atoms with van der Waals surface area (Å²) in [7, 11) is 1.67. The molecule has 0 saturated heterocycles. The van der Waals surface area contributed by atoms with Crippen LogP contribution in [0.2, 0.25) is 5.02 Å². The first-order valence-corrected chi connectivity index (χ1v) is 12.3. The van der Waals surface area contributed by atoms with Crippen LogP contribution in [0.4, 0.5) is 0 Å². The maximum atomic E-state index is 6.45. The number of ether oxygens (including phenoxy) is 1. The van der Waals surface area contributed by atoms with Gasteiger partial charge in [-0.25, -0.2) is 4.98 Å². The number of benzene rings is 3. The Labute approximate surface area is 205 Å². The lowest BCUT2D eigenvalue weighted by molar-refractivity contribution is 0.415. The van der Waals surface area contributed by atoms with Crippen LogP contribution in [0.3, 0.4) is 0 Å². The topological polar surface area (TPSA) is 27.1 Å². The minimum absolute atomic E-state index is 0.133. The van der Waals surface area contributed by atoms with Gasteiger partial charge in [-0.1, -0.05) is 92.5 Å². The summed E-state index contributed by atoms with van der Waals surface area (Å²) in [6, 6.07) is 22.4. The number of aromatic nitrogens is 2. The van der Waals surface area contributed by atoms with Gasteiger partial charge in [-0.3, -0.25) is 0 Å². The summed E-state index contributed by atoms with van der Waals surface area (Å²) in [5.74, 6) is 1.94. The monoisotopic (exact) mass is 514 g/mol. The second-order valence-corrected chi connectivity index (χ2v) is 8.10. The molecule has 3 nitrogen and oxygen atoms in total. The minimum atomic E-state index is 0.133. The molecule has 0 saturated carbocycles. The van der Waals surface area contributed by atoms with E-state index in [1.807, 2.05) is 58.0 Å². The molecule has 0 amide bonds. The van der Waals surface area contributed by atoms with Gasteiger partial charge in [0.15, 0.2) is 0 Å². The van der Waals surface area contributed by atoms with Crippen molar-refractivity contribution in [2.75, 3.05) is 7.11 Å². The van der Waals surface area contributed by atoms with Gasteiger partial charge in [0.25, 0.3) is 0 Å². The van der Waals surface area contributed by atoms with Gasteiger partial charge >= 0.3 is 0 Å². The molecule has 0 aliphatic carbocycles. The third kappa shape index (κ3) is 5.93. The Bertz CT molecular complexity index is 1120. The molecule has 4 rings (SSSR count). The van der Waals surface area contributed by atoms with E-state index in [1.54, 1.807) is 7.11 Å². The van der Waals surface area contributed by atoms with Crippen LogP contribution in [0.5, 0.6) is 5.75 Å². The van der Waals surface area contributed by atoms with Gasteiger partial charge in [0.1, 0.15) is 11.6 Å². The van der Waals surface area contributed by atoms with Crippen LogP contribution in [0, 0.1) is 0 Å². The molecule has 5 heteroatoms. The van der Waals surface area contributed by atoms with Gasteiger partial charge in [-0.05, 0) is 41.5 Å². The molecule has 0 bridgehead atoms. The molecule has 3 aromatic carbocycles. The quantitative estimate of drug-likeness (QED) is 0.266. The highest BCUT2D eigenvalue weighted by molar-refractivity contribution is 9.10. The first kappa shape index (κ1) is 26.0. The van der Waals surface area contributed by atoms with Crippen molar-refractivity contribution >= 4 is 38.6 Å². The van der Waals surface area contributed by atoms with E-state index in [4.69, 9.17) is 21.3 Å². The zero-order chi connectivity index (χ0) is 23.7. The minimum Gasteiger partial charge on any atom is -0.497 e. The number of nitrogens with zero attached hydrogens (tertiary/aromatic N) is 2. The molecule has 0 aliphatic heterocycles. The first-order chi connectivity index (χ1) is 15.6. The number of methoxy groups -OCH3 is 1. The Hall–Kier alpha value is -2.30. The van der Waals surface area contributed by atoms with Crippen molar-refractivity contribution in [3.05, 3.63) is 93.2 Å². The highest BCUT2D eigenvalue weighted by Crippen LogP contribution is 2.31. The first-order valence-electron chi connectivity index (χ1n) is 11.1. The fourth-order valence-corrected chi connectivity index (χ4v) is 3.91. The molecule has 1 atom stereocenters. The van der Waals surface area contributed by atoms with Crippen molar-refractivity contribution in [2.24, 2.45) is 0 Å². The number of halogens is 2. The lowest BCUT2D eigenvalue weighted by Crippen LogP contribution is -2.09. The standard InChI is InChI=1S/C23H20BrClN2O.2C2H6/c1-15(16-7-9-18(24)10-8-16)23-26-21-13-19(28-2)11-12-22(21)27(23)14-17-5-3-4-6-20(17)25;2*1-2/h3-13,15H,14H2,1-2H3;2*1-2H3. The van der Waals surface area contributed by atoms with Gasteiger partial charge in [0, 0.05) is 21.5 Å². The van der Waals surface area contributed by atoms with Gasteiger partial charge in [0.2, 0.25) is 0 Å². The van der Waals surface area contributed by atoms with Crippen LogP contribution in [-0.2, 0) is 6.54 Å². The van der Waals surface area contributed by atoms with Crippen molar-refractivity contribution in [3.8, 4) is 5.75 Å². The smallest absolute Gasteiger partial charge is 0.121 e. The Balaban J connectivity index is 0.000000860. The van der Waals surface area contributed by atoms with Gasteiger partial charge in [0.05, 0.1) is 24.7 Å². The highest BCUT2D eigenvalue weighted by atomic mass is 79.9. The van der Waals surface area contributed by atoms with E-state index in [0.29, 0.717) is 6.54 Å². The van der Waals surface area contributed by atoms with E-state index in [9.17, 15) is 0 Å². The zero-order valence-electron chi connectivity index (χ0n) is 19.7. The van der Waals surface area contributed by atoms with Crippen molar-refractivity contribution in [3.63, 3.8) is 0 Å².